The Labute approximate surface area is 357 Å². The fourth-order valence-electron chi connectivity index (χ4n) is 9.53. The lowest BCUT2D eigenvalue weighted by molar-refractivity contribution is 0.177. The van der Waals surface area contributed by atoms with Gasteiger partial charge >= 0.3 is 0 Å². The Morgan fingerprint density at radius 2 is 1.00 bits per heavy atom. The molecule has 0 radical (unpaired) electrons. The zero-order valence-electron chi connectivity index (χ0n) is 35.3. The SMILES string of the molecule is CC(C)c1ccc(N(c2ccccc2)c2ccc3c(c2)=CC2(C)Oc4cc5c(cc4C2C=3)oc2cc3cc(N(c4ccccc4)c4ccc(C(C)C)cc4)ccc3cc25)cc1. The Morgan fingerprint density at radius 3 is 1.61 bits per heavy atom. The third-order valence-corrected chi connectivity index (χ3v) is 12.9. The van der Waals surface area contributed by atoms with E-state index < -0.39 is 5.60 Å². The Bertz CT molecular complexity index is 3240. The fourth-order valence-corrected chi connectivity index (χ4v) is 9.53. The molecular weight excluding hydrogens is 745 g/mol. The summed E-state index contributed by atoms with van der Waals surface area (Å²) in [4.78, 5) is 4.66. The number of para-hydroxylation sites is 2. The van der Waals surface area contributed by atoms with Crippen LogP contribution in [0.25, 0.3) is 44.9 Å². The van der Waals surface area contributed by atoms with Gasteiger partial charge in [-0.15, -0.1) is 0 Å². The van der Waals surface area contributed by atoms with E-state index in [0.29, 0.717) is 11.8 Å². The number of rotatable bonds is 8. The Kier molecular flexibility index (Phi) is 8.68. The minimum absolute atomic E-state index is 0.0486. The van der Waals surface area contributed by atoms with E-state index in [1.807, 2.05) is 0 Å². The van der Waals surface area contributed by atoms with Crippen molar-refractivity contribution in [2.75, 3.05) is 9.80 Å². The van der Waals surface area contributed by atoms with Crippen LogP contribution >= 0.6 is 0 Å². The Balaban J connectivity index is 0.956. The van der Waals surface area contributed by atoms with E-state index in [1.54, 1.807) is 0 Å². The molecule has 298 valence electrons. The van der Waals surface area contributed by atoms with Crippen LogP contribution in [-0.4, -0.2) is 5.60 Å². The highest BCUT2D eigenvalue weighted by Crippen LogP contribution is 2.50. The molecule has 61 heavy (non-hydrogen) atoms. The standard InChI is InChI=1S/C57H48N2O2/c1-36(2)38-16-22-46(23-17-38)58(44-12-8-6-9-13-44)48-26-20-40-30-50-51-33-56-52(34-55(51)60-54(50)32-42(40)28-48)53-31-41-21-27-49(29-43(41)35-57(53,5)61-56)59(45-14-10-7-11-15-45)47-24-18-39(19-25-47)37(3)4/h6-37,53H,1-5H3. The highest BCUT2D eigenvalue weighted by atomic mass is 16.5. The van der Waals surface area contributed by atoms with Crippen molar-refractivity contribution in [3.63, 3.8) is 0 Å². The van der Waals surface area contributed by atoms with Crippen LogP contribution in [0.5, 0.6) is 5.75 Å². The van der Waals surface area contributed by atoms with Gasteiger partial charge in [-0.1, -0.05) is 107 Å². The van der Waals surface area contributed by atoms with Crippen LogP contribution in [-0.2, 0) is 0 Å². The summed E-state index contributed by atoms with van der Waals surface area (Å²) >= 11 is 0. The normalized spacial score (nSPS) is 16.5. The highest BCUT2D eigenvalue weighted by Gasteiger charge is 2.44. The summed E-state index contributed by atoms with van der Waals surface area (Å²) in [5.41, 5.74) is 11.7. The molecule has 0 bridgehead atoms. The van der Waals surface area contributed by atoms with E-state index in [4.69, 9.17) is 9.15 Å². The summed E-state index contributed by atoms with van der Waals surface area (Å²) in [5, 5.41) is 6.83. The number of nitrogens with zero attached hydrogens (tertiary/aromatic N) is 2. The molecule has 1 aromatic heterocycles. The largest absolute Gasteiger partial charge is 0.482 e. The molecule has 2 heterocycles. The van der Waals surface area contributed by atoms with Crippen LogP contribution in [0.15, 0.2) is 174 Å². The van der Waals surface area contributed by atoms with Gasteiger partial charge in [0.15, 0.2) is 0 Å². The fraction of sp³-hybridized carbons (Fsp3) is 0.158. The third kappa shape index (κ3) is 6.37. The maximum absolute atomic E-state index is 6.97. The molecule has 0 N–H and O–H groups in total. The minimum Gasteiger partial charge on any atom is -0.482 e. The van der Waals surface area contributed by atoms with Crippen molar-refractivity contribution in [1.29, 1.82) is 0 Å². The molecular formula is C57H48N2O2. The first kappa shape index (κ1) is 37.0. The molecule has 0 saturated heterocycles. The number of benzene rings is 8. The van der Waals surface area contributed by atoms with Crippen LogP contribution in [0.3, 0.4) is 0 Å². The molecule has 1 aliphatic heterocycles. The van der Waals surface area contributed by atoms with E-state index in [9.17, 15) is 0 Å². The Hall–Kier alpha value is -7.04. The minimum atomic E-state index is -0.540. The molecule has 4 nitrogen and oxygen atoms in total. The topological polar surface area (TPSA) is 28.9 Å². The third-order valence-electron chi connectivity index (χ3n) is 12.9. The molecule has 4 heteroatoms. The predicted molar refractivity (Wildman–Crippen MR) is 255 cm³/mol. The van der Waals surface area contributed by atoms with Gasteiger partial charge in [-0.05, 0) is 154 Å². The molecule has 2 aliphatic rings. The van der Waals surface area contributed by atoms with Crippen molar-refractivity contribution in [3.8, 4) is 5.75 Å². The number of hydrogen-bond donors (Lipinski definition) is 0. The molecule has 2 unspecified atom stereocenters. The lowest BCUT2D eigenvalue weighted by Crippen LogP contribution is -2.42. The van der Waals surface area contributed by atoms with Crippen molar-refractivity contribution >= 4 is 79.0 Å². The number of fused-ring (bicyclic) bond motifs is 8. The van der Waals surface area contributed by atoms with E-state index >= 15 is 0 Å². The van der Waals surface area contributed by atoms with Crippen molar-refractivity contribution in [2.45, 2.75) is 58.0 Å². The molecule has 2 atom stereocenters. The van der Waals surface area contributed by atoms with Gasteiger partial charge < -0.3 is 19.0 Å². The summed E-state index contributed by atoms with van der Waals surface area (Å²) in [6, 6.07) is 61.5. The van der Waals surface area contributed by atoms with Crippen molar-refractivity contribution in [2.24, 2.45) is 0 Å². The van der Waals surface area contributed by atoms with E-state index in [-0.39, 0.29) is 5.92 Å². The average molecular weight is 793 g/mol. The number of furan rings is 1. The smallest absolute Gasteiger partial charge is 0.136 e. The first-order valence-corrected chi connectivity index (χ1v) is 21.6. The summed E-state index contributed by atoms with van der Waals surface area (Å²) in [6.07, 6.45) is 4.71. The zero-order valence-corrected chi connectivity index (χ0v) is 35.3. The predicted octanol–water partition coefficient (Wildman–Crippen LogP) is 14.4. The second-order valence-electron chi connectivity index (χ2n) is 17.6. The van der Waals surface area contributed by atoms with Gasteiger partial charge in [-0.2, -0.15) is 0 Å². The van der Waals surface area contributed by atoms with Gasteiger partial charge in [0, 0.05) is 56.4 Å². The maximum atomic E-state index is 6.97. The van der Waals surface area contributed by atoms with Gasteiger partial charge in [0.2, 0.25) is 0 Å². The monoisotopic (exact) mass is 792 g/mol. The van der Waals surface area contributed by atoms with E-state index in [0.717, 1.165) is 78.1 Å². The first-order valence-electron chi connectivity index (χ1n) is 21.6. The van der Waals surface area contributed by atoms with Crippen molar-refractivity contribution < 1.29 is 9.15 Å². The summed E-state index contributed by atoms with van der Waals surface area (Å²) in [5.74, 6) is 1.91. The van der Waals surface area contributed by atoms with Crippen LogP contribution in [0.4, 0.5) is 34.1 Å². The summed E-state index contributed by atoms with van der Waals surface area (Å²) < 4.78 is 13.7. The van der Waals surface area contributed by atoms with E-state index in [1.165, 1.54) is 21.6 Å². The maximum Gasteiger partial charge on any atom is 0.136 e. The van der Waals surface area contributed by atoms with Gasteiger partial charge in [0.25, 0.3) is 0 Å². The number of hydrogen-bond acceptors (Lipinski definition) is 4. The highest BCUT2D eigenvalue weighted by molar-refractivity contribution is 6.11. The van der Waals surface area contributed by atoms with Gasteiger partial charge in [-0.3, -0.25) is 0 Å². The Morgan fingerprint density at radius 1 is 0.475 bits per heavy atom. The number of anilines is 6. The summed E-state index contributed by atoms with van der Waals surface area (Å²) in [7, 11) is 0. The molecule has 8 aromatic carbocycles. The second kappa shape index (κ2) is 14.3. The van der Waals surface area contributed by atoms with Gasteiger partial charge in [-0.25, -0.2) is 0 Å². The quantitative estimate of drug-likeness (QED) is 0.153. The zero-order chi connectivity index (χ0) is 41.4. The molecule has 1 aliphatic carbocycles. The molecule has 0 saturated carbocycles. The lowest BCUT2D eigenvalue weighted by Gasteiger charge is -2.29. The van der Waals surface area contributed by atoms with Crippen LogP contribution in [0, 0.1) is 0 Å². The molecule has 11 rings (SSSR count). The molecule has 9 aromatic rings. The molecule has 0 spiro atoms. The van der Waals surface area contributed by atoms with E-state index in [2.05, 4.69) is 226 Å². The van der Waals surface area contributed by atoms with Crippen LogP contribution in [0.1, 0.15) is 69.1 Å². The lowest BCUT2D eigenvalue weighted by atomic mass is 9.81. The van der Waals surface area contributed by atoms with Crippen molar-refractivity contribution in [3.05, 3.63) is 197 Å². The molecule has 0 amide bonds. The average Bonchev–Trinajstić information content (AvgIpc) is 3.76. The second-order valence-corrected chi connectivity index (χ2v) is 17.6. The van der Waals surface area contributed by atoms with Gasteiger partial charge in [0.1, 0.15) is 22.5 Å². The van der Waals surface area contributed by atoms with Gasteiger partial charge in [0.05, 0.1) is 0 Å². The first-order chi connectivity index (χ1) is 29.7. The number of ether oxygens (including phenoxy) is 1. The summed E-state index contributed by atoms with van der Waals surface area (Å²) in [6.45, 7) is 11.2. The van der Waals surface area contributed by atoms with Crippen LogP contribution in [0.2, 0.25) is 0 Å². The molecule has 0 fully saturated rings. The van der Waals surface area contributed by atoms with Crippen molar-refractivity contribution in [1.82, 2.24) is 0 Å². The van der Waals surface area contributed by atoms with Crippen LogP contribution < -0.4 is 25.0 Å².